The predicted octanol–water partition coefficient (Wildman–Crippen LogP) is 1.95. The van der Waals surface area contributed by atoms with Crippen LogP contribution in [0.1, 0.15) is 79.4 Å². The first-order valence-corrected chi connectivity index (χ1v) is 16.7. The van der Waals surface area contributed by atoms with Gasteiger partial charge in [0.15, 0.2) is 0 Å². The van der Waals surface area contributed by atoms with Crippen LogP contribution >= 0.6 is 0 Å². The largest absolute Gasteiger partial charge is 0.472 e. The van der Waals surface area contributed by atoms with E-state index in [-0.39, 0.29) is 12.8 Å². The Hall–Kier alpha value is -3.98. The van der Waals surface area contributed by atoms with E-state index in [9.17, 15) is 39.0 Å². The molecule has 5 fully saturated rings. The first-order valence-electron chi connectivity index (χ1n) is 16.7. The molecule has 2 bridgehead atoms. The summed E-state index contributed by atoms with van der Waals surface area (Å²) < 4.78 is 40.4. The molecule has 15 nitrogen and oxygen atoms in total. The number of ether oxygens (including phenoxy) is 6. The summed E-state index contributed by atoms with van der Waals surface area (Å²) in [7, 11) is 1.11. The van der Waals surface area contributed by atoms with E-state index in [1.165, 1.54) is 19.5 Å². The Morgan fingerprint density at radius 2 is 1.58 bits per heavy atom. The third-order valence-electron chi connectivity index (χ3n) is 12.9. The Kier molecular flexibility index (Phi) is 8.26. The van der Waals surface area contributed by atoms with Gasteiger partial charge in [-0.1, -0.05) is 20.8 Å². The molecular formula is C35H44O15. The summed E-state index contributed by atoms with van der Waals surface area (Å²) in [6, 6.07) is 1.58. The van der Waals surface area contributed by atoms with E-state index in [2.05, 4.69) is 0 Å². The highest BCUT2D eigenvalue weighted by molar-refractivity contribution is 5.80. The second kappa shape index (κ2) is 11.5. The maximum atomic E-state index is 13.7. The topological polar surface area (TPSA) is 211 Å². The summed E-state index contributed by atoms with van der Waals surface area (Å²) in [6.07, 6.45) is -4.98. The highest BCUT2D eigenvalue weighted by Gasteiger charge is 2.92. The molecule has 50 heavy (non-hydrogen) atoms. The lowest BCUT2D eigenvalue weighted by atomic mass is 9.35. The predicted molar refractivity (Wildman–Crippen MR) is 164 cm³/mol. The number of methoxy groups -OCH3 is 1. The highest BCUT2D eigenvalue weighted by atomic mass is 16.6. The van der Waals surface area contributed by atoms with Crippen molar-refractivity contribution in [2.45, 2.75) is 109 Å². The van der Waals surface area contributed by atoms with Crippen molar-refractivity contribution in [1.82, 2.24) is 0 Å². The number of cyclic esters (lactones) is 1. The van der Waals surface area contributed by atoms with E-state index in [1.54, 1.807) is 26.8 Å². The number of aliphatic hydroxyl groups is 2. The Bertz CT molecular complexity index is 1620. The number of rotatable bonds is 7. The Morgan fingerprint density at radius 3 is 2.12 bits per heavy atom. The van der Waals surface area contributed by atoms with Crippen molar-refractivity contribution >= 4 is 35.8 Å². The minimum absolute atomic E-state index is 0.0832. The Morgan fingerprint density at radius 1 is 0.940 bits per heavy atom. The van der Waals surface area contributed by atoms with Crippen molar-refractivity contribution in [2.75, 3.05) is 7.11 Å². The van der Waals surface area contributed by atoms with Crippen LogP contribution in [0.25, 0.3) is 0 Å². The monoisotopic (exact) mass is 704 g/mol. The molecule has 2 heterocycles. The SMILES string of the molecule is COC(=O)[C@@H](OC(C)=O)[C@H]1[C@]2(C)C[C@]3(OC(C)=O)[C@@H]([C@H]2OC(C)=O)[C@@H](OC(C)=O)[C@]2(O)[C@@H]4CC(=O)O[C@@H](c5ccoc5)[C@]4(C)[C@@H](O)C[C@@H]2[C@]13C. The van der Waals surface area contributed by atoms with E-state index < -0.39 is 124 Å². The number of carbonyl (C=O) groups excluding carboxylic acids is 6. The minimum atomic E-state index is -2.23. The van der Waals surface area contributed by atoms with Crippen LogP contribution in [-0.4, -0.2) is 88.8 Å². The fraction of sp³-hybridized carbons (Fsp3) is 0.714. The maximum Gasteiger partial charge on any atom is 0.347 e. The fourth-order valence-corrected chi connectivity index (χ4v) is 11.7. The molecule has 6 rings (SSSR count). The summed E-state index contributed by atoms with van der Waals surface area (Å²) in [5.74, 6) is -9.68. The van der Waals surface area contributed by atoms with Gasteiger partial charge in [0, 0.05) is 67.3 Å². The summed E-state index contributed by atoms with van der Waals surface area (Å²) >= 11 is 0. The average Bonchev–Trinajstić information content (AvgIpc) is 3.67. The molecule has 0 unspecified atom stereocenters. The number of carbonyl (C=O) groups is 6. The second-order valence-corrected chi connectivity index (χ2v) is 15.3. The molecule has 1 aromatic rings. The minimum Gasteiger partial charge on any atom is -0.472 e. The molecule has 4 aliphatic carbocycles. The molecule has 5 aliphatic rings. The second-order valence-electron chi connectivity index (χ2n) is 15.3. The molecule has 274 valence electrons. The molecule has 1 saturated heterocycles. The van der Waals surface area contributed by atoms with Crippen LogP contribution in [-0.2, 0) is 57.2 Å². The molecule has 4 saturated carbocycles. The number of aliphatic hydroxyl groups excluding tert-OH is 1. The van der Waals surface area contributed by atoms with Crippen molar-refractivity contribution < 1.29 is 71.8 Å². The van der Waals surface area contributed by atoms with E-state index in [1.807, 2.05) is 0 Å². The first kappa shape index (κ1) is 35.8. The fourth-order valence-electron chi connectivity index (χ4n) is 11.7. The van der Waals surface area contributed by atoms with Crippen LogP contribution in [0, 0.1) is 39.9 Å². The van der Waals surface area contributed by atoms with Gasteiger partial charge in [-0.05, 0) is 18.9 Å². The van der Waals surface area contributed by atoms with Gasteiger partial charge in [0.05, 0.1) is 38.1 Å². The molecule has 0 spiro atoms. The van der Waals surface area contributed by atoms with E-state index >= 15 is 0 Å². The van der Waals surface area contributed by atoms with Crippen molar-refractivity contribution in [3.05, 3.63) is 24.2 Å². The average molecular weight is 705 g/mol. The zero-order valence-electron chi connectivity index (χ0n) is 29.3. The summed E-state index contributed by atoms with van der Waals surface area (Å²) in [6.45, 7) is 9.61. The molecule has 1 aromatic heterocycles. The van der Waals surface area contributed by atoms with Gasteiger partial charge in [0.2, 0.25) is 6.10 Å². The van der Waals surface area contributed by atoms with Crippen molar-refractivity contribution in [1.29, 1.82) is 0 Å². The van der Waals surface area contributed by atoms with Gasteiger partial charge in [-0.2, -0.15) is 0 Å². The molecule has 0 amide bonds. The Balaban J connectivity index is 1.70. The molecule has 0 aromatic carbocycles. The third kappa shape index (κ3) is 4.47. The lowest BCUT2D eigenvalue weighted by Gasteiger charge is -2.73. The van der Waals surface area contributed by atoms with E-state index in [0.717, 1.165) is 27.9 Å². The molecule has 2 N–H and O–H groups in total. The molecule has 15 heteroatoms. The molecule has 1 aliphatic heterocycles. The summed E-state index contributed by atoms with van der Waals surface area (Å²) in [5.41, 5.74) is -7.92. The summed E-state index contributed by atoms with van der Waals surface area (Å²) in [5, 5.41) is 25.9. The summed E-state index contributed by atoms with van der Waals surface area (Å²) in [4.78, 5) is 78.9. The van der Waals surface area contributed by atoms with Crippen LogP contribution in [0.2, 0.25) is 0 Å². The smallest absolute Gasteiger partial charge is 0.347 e. The van der Waals surface area contributed by atoms with Gasteiger partial charge in [-0.15, -0.1) is 0 Å². The van der Waals surface area contributed by atoms with Crippen LogP contribution in [0.5, 0.6) is 0 Å². The van der Waals surface area contributed by atoms with Gasteiger partial charge in [-0.3, -0.25) is 24.0 Å². The zero-order valence-corrected chi connectivity index (χ0v) is 29.3. The van der Waals surface area contributed by atoms with Crippen molar-refractivity contribution in [3.8, 4) is 0 Å². The maximum absolute atomic E-state index is 13.7. The van der Waals surface area contributed by atoms with Crippen LogP contribution in [0.4, 0.5) is 0 Å². The van der Waals surface area contributed by atoms with Crippen LogP contribution < -0.4 is 0 Å². The van der Waals surface area contributed by atoms with E-state index in [0.29, 0.717) is 5.56 Å². The van der Waals surface area contributed by atoms with Crippen LogP contribution in [0.15, 0.2) is 23.0 Å². The standard InChI is InChI=1S/C35H44O15/c1-15(36)46-25(30(42)44-8)26-31(5)14-34(50-18(4)39)24(28(31)47-16(2)37)29(48-17(3)38)35(43)20-12-23(41)49-27(19-9-10-45-13-19)32(20,6)22(40)11-21(35)33(26,34)7/h9-10,13,20-22,24-29,40,43H,11-12,14H2,1-8H3/t20-,21-,22+,24+,25+,26+,27+,28-,29-,31+,32+,33-,34+,35+/m1/s1. The lowest BCUT2D eigenvalue weighted by Crippen LogP contribution is -2.83. The van der Waals surface area contributed by atoms with Gasteiger partial charge >= 0.3 is 35.8 Å². The van der Waals surface area contributed by atoms with Crippen molar-refractivity contribution in [3.63, 3.8) is 0 Å². The highest BCUT2D eigenvalue weighted by Crippen LogP contribution is 2.82. The van der Waals surface area contributed by atoms with Crippen molar-refractivity contribution in [2.24, 2.45) is 39.9 Å². The zero-order chi connectivity index (χ0) is 36.9. The van der Waals surface area contributed by atoms with Gasteiger partial charge in [0.25, 0.3) is 0 Å². The number of hydrogen-bond acceptors (Lipinski definition) is 15. The number of esters is 6. The quantitative estimate of drug-likeness (QED) is 0.307. The third-order valence-corrected chi connectivity index (χ3v) is 12.9. The van der Waals surface area contributed by atoms with Gasteiger partial charge in [-0.25, -0.2) is 4.79 Å². The molecular weight excluding hydrogens is 660 g/mol. The molecule has 14 atom stereocenters. The lowest BCUT2D eigenvalue weighted by molar-refractivity contribution is -0.369. The van der Waals surface area contributed by atoms with Gasteiger partial charge in [0.1, 0.15) is 29.5 Å². The molecule has 0 radical (unpaired) electrons. The number of fused-ring (bicyclic) bond motifs is 5. The normalized spacial score (nSPS) is 44.5. The van der Waals surface area contributed by atoms with Gasteiger partial charge < -0.3 is 43.1 Å². The number of furan rings is 1. The number of hydrogen-bond donors (Lipinski definition) is 2. The first-order chi connectivity index (χ1) is 23.2. The van der Waals surface area contributed by atoms with Crippen LogP contribution in [0.3, 0.4) is 0 Å². The Labute approximate surface area is 288 Å². The van der Waals surface area contributed by atoms with E-state index in [4.69, 9.17) is 32.8 Å².